The maximum Gasteiger partial charge on any atom is 0.229 e. The number of benzene rings is 2. The average molecular weight is 337 g/mol. The normalized spacial score (nSPS) is 19.2. The molecule has 2 aliphatic rings. The molecule has 4 heteroatoms. The number of amides is 1. The molecule has 2 heterocycles. The topological polar surface area (TPSA) is 38.8 Å². The zero-order valence-electron chi connectivity index (χ0n) is 14.5. The largest absolute Gasteiger partial charge is 0.493 e. The van der Waals surface area contributed by atoms with Crippen LogP contribution >= 0.6 is 0 Å². The molecule has 4 nitrogen and oxygen atoms in total. The molecule has 2 aromatic rings. The molecule has 4 rings (SSSR count). The Morgan fingerprint density at radius 3 is 2.40 bits per heavy atom. The summed E-state index contributed by atoms with van der Waals surface area (Å²) in [6, 6.07) is 14.4. The van der Waals surface area contributed by atoms with Crippen molar-refractivity contribution < 1.29 is 14.3 Å². The van der Waals surface area contributed by atoms with Crippen LogP contribution in [0.25, 0.3) is 0 Å². The monoisotopic (exact) mass is 337 g/mol. The second kappa shape index (κ2) is 6.79. The molecule has 0 fully saturated rings. The highest BCUT2D eigenvalue weighted by Crippen LogP contribution is 2.36. The van der Waals surface area contributed by atoms with Gasteiger partial charge in [-0.1, -0.05) is 36.4 Å². The number of ether oxygens (including phenoxy) is 2. The van der Waals surface area contributed by atoms with E-state index < -0.39 is 0 Å². The lowest BCUT2D eigenvalue weighted by Crippen LogP contribution is -2.42. The summed E-state index contributed by atoms with van der Waals surface area (Å²) in [7, 11) is 1.64. The Balaban J connectivity index is 1.47. The van der Waals surface area contributed by atoms with Crippen LogP contribution in [0.5, 0.6) is 11.5 Å². The van der Waals surface area contributed by atoms with E-state index in [9.17, 15) is 4.79 Å². The first-order valence-corrected chi connectivity index (χ1v) is 8.90. The second-order valence-electron chi connectivity index (χ2n) is 6.75. The second-order valence-corrected chi connectivity index (χ2v) is 6.75. The third-order valence-electron chi connectivity index (χ3n) is 5.26. The molecule has 0 saturated carbocycles. The van der Waals surface area contributed by atoms with Crippen molar-refractivity contribution in [2.75, 3.05) is 26.8 Å². The van der Waals surface area contributed by atoms with Gasteiger partial charge in [-0.2, -0.15) is 0 Å². The first-order valence-electron chi connectivity index (χ1n) is 8.90. The van der Waals surface area contributed by atoms with Crippen molar-refractivity contribution in [1.82, 2.24) is 4.90 Å². The van der Waals surface area contributed by atoms with Gasteiger partial charge in [-0.25, -0.2) is 0 Å². The van der Waals surface area contributed by atoms with Crippen LogP contribution in [0.1, 0.15) is 16.7 Å². The van der Waals surface area contributed by atoms with Gasteiger partial charge in [0.1, 0.15) is 6.61 Å². The predicted molar refractivity (Wildman–Crippen MR) is 96.1 cm³/mol. The molecule has 0 aromatic heterocycles. The van der Waals surface area contributed by atoms with Gasteiger partial charge in [0, 0.05) is 13.1 Å². The number of nitrogens with zero attached hydrogens (tertiary/aromatic N) is 1. The van der Waals surface area contributed by atoms with E-state index in [-0.39, 0.29) is 11.8 Å². The van der Waals surface area contributed by atoms with Crippen LogP contribution in [0, 0.1) is 5.92 Å². The fourth-order valence-corrected chi connectivity index (χ4v) is 3.86. The highest BCUT2D eigenvalue weighted by atomic mass is 16.5. The number of fused-ring (bicyclic) bond motifs is 2. The van der Waals surface area contributed by atoms with Gasteiger partial charge in [-0.05, 0) is 42.0 Å². The van der Waals surface area contributed by atoms with E-state index >= 15 is 0 Å². The van der Waals surface area contributed by atoms with Crippen LogP contribution in [-0.2, 0) is 24.1 Å². The quantitative estimate of drug-likeness (QED) is 0.846. The maximum absolute atomic E-state index is 13.0. The van der Waals surface area contributed by atoms with Crippen molar-refractivity contribution in [2.45, 2.75) is 19.3 Å². The van der Waals surface area contributed by atoms with Gasteiger partial charge in [0.15, 0.2) is 11.5 Å². The lowest BCUT2D eigenvalue weighted by Gasteiger charge is -2.30. The first kappa shape index (κ1) is 16.0. The van der Waals surface area contributed by atoms with Crippen LogP contribution < -0.4 is 9.47 Å². The van der Waals surface area contributed by atoms with Crippen molar-refractivity contribution in [3.8, 4) is 11.5 Å². The predicted octanol–water partition coefficient (Wildman–Crippen LogP) is 2.87. The summed E-state index contributed by atoms with van der Waals surface area (Å²) in [5.41, 5.74) is 3.79. The lowest BCUT2D eigenvalue weighted by molar-refractivity contribution is -0.136. The molecule has 1 amide bonds. The summed E-state index contributed by atoms with van der Waals surface area (Å²) in [4.78, 5) is 15.0. The summed E-state index contributed by atoms with van der Waals surface area (Å²) in [6.07, 6.45) is 2.58. The highest BCUT2D eigenvalue weighted by molar-refractivity contribution is 5.80. The van der Waals surface area contributed by atoms with Crippen molar-refractivity contribution in [3.63, 3.8) is 0 Å². The minimum atomic E-state index is -0.110. The molecule has 1 unspecified atom stereocenters. The molecule has 0 bridgehead atoms. The highest BCUT2D eigenvalue weighted by Gasteiger charge is 2.31. The fourth-order valence-electron chi connectivity index (χ4n) is 3.86. The van der Waals surface area contributed by atoms with Crippen LogP contribution in [0.2, 0.25) is 0 Å². The molecule has 0 aliphatic carbocycles. The van der Waals surface area contributed by atoms with Crippen LogP contribution in [0.3, 0.4) is 0 Å². The van der Waals surface area contributed by atoms with Gasteiger partial charge in [-0.15, -0.1) is 0 Å². The summed E-state index contributed by atoms with van der Waals surface area (Å²) < 4.78 is 11.2. The van der Waals surface area contributed by atoms with Crippen LogP contribution in [0.4, 0.5) is 0 Å². The van der Waals surface area contributed by atoms with E-state index in [1.807, 2.05) is 23.1 Å². The molecule has 0 saturated heterocycles. The van der Waals surface area contributed by atoms with E-state index in [0.29, 0.717) is 6.61 Å². The van der Waals surface area contributed by atoms with Gasteiger partial charge in [0.05, 0.1) is 13.0 Å². The number of para-hydroxylation sites is 1. The Labute approximate surface area is 148 Å². The third-order valence-corrected chi connectivity index (χ3v) is 5.26. The van der Waals surface area contributed by atoms with Crippen LogP contribution in [-0.4, -0.2) is 37.6 Å². The minimum Gasteiger partial charge on any atom is -0.493 e. The van der Waals surface area contributed by atoms with Gasteiger partial charge in [-0.3, -0.25) is 4.79 Å². The van der Waals surface area contributed by atoms with Gasteiger partial charge >= 0.3 is 0 Å². The smallest absolute Gasteiger partial charge is 0.229 e. The Morgan fingerprint density at radius 1 is 1.04 bits per heavy atom. The Morgan fingerprint density at radius 2 is 1.72 bits per heavy atom. The van der Waals surface area contributed by atoms with E-state index in [0.717, 1.165) is 49.4 Å². The molecule has 130 valence electrons. The van der Waals surface area contributed by atoms with Crippen LogP contribution in [0.15, 0.2) is 42.5 Å². The zero-order valence-corrected chi connectivity index (χ0v) is 14.5. The number of rotatable bonds is 2. The molecule has 2 aliphatic heterocycles. The number of methoxy groups -OCH3 is 1. The van der Waals surface area contributed by atoms with Crippen molar-refractivity contribution in [1.29, 1.82) is 0 Å². The Bertz CT molecular complexity index is 759. The lowest BCUT2D eigenvalue weighted by atomic mass is 9.95. The van der Waals surface area contributed by atoms with E-state index in [1.54, 1.807) is 7.11 Å². The van der Waals surface area contributed by atoms with Gasteiger partial charge in [0.2, 0.25) is 5.91 Å². The van der Waals surface area contributed by atoms with Crippen molar-refractivity contribution in [2.24, 2.45) is 5.92 Å². The molecule has 0 N–H and O–H groups in total. The van der Waals surface area contributed by atoms with E-state index in [1.165, 1.54) is 11.1 Å². The molecular weight excluding hydrogens is 314 g/mol. The number of hydrogen-bond donors (Lipinski definition) is 0. The van der Waals surface area contributed by atoms with E-state index in [4.69, 9.17) is 9.47 Å². The van der Waals surface area contributed by atoms with E-state index in [2.05, 4.69) is 24.3 Å². The summed E-state index contributed by atoms with van der Waals surface area (Å²) >= 11 is 0. The standard InChI is InChI=1S/C21H23NO3/c1-24-19-8-4-7-17-13-18(14-25-20(17)19)21(23)22-11-9-15-5-2-3-6-16(15)10-12-22/h2-8,18H,9-14H2,1H3. The van der Waals surface area contributed by atoms with Gasteiger partial charge < -0.3 is 14.4 Å². The Hall–Kier alpha value is -2.49. The number of hydrogen-bond acceptors (Lipinski definition) is 3. The van der Waals surface area contributed by atoms with Crippen molar-refractivity contribution in [3.05, 3.63) is 59.2 Å². The molecular formula is C21H23NO3. The fraction of sp³-hybridized carbons (Fsp3) is 0.381. The van der Waals surface area contributed by atoms with Crippen molar-refractivity contribution >= 4 is 5.91 Å². The molecule has 2 aromatic carbocycles. The first-order chi connectivity index (χ1) is 12.3. The maximum atomic E-state index is 13.0. The molecule has 0 radical (unpaired) electrons. The minimum absolute atomic E-state index is 0.110. The molecule has 0 spiro atoms. The molecule has 25 heavy (non-hydrogen) atoms. The zero-order chi connectivity index (χ0) is 17.2. The Kier molecular flexibility index (Phi) is 4.35. The number of carbonyl (C=O) groups is 1. The SMILES string of the molecule is COc1cccc2c1OCC(C(=O)N1CCc3ccccc3CC1)C2. The third kappa shape index (κ3) is 3.09. The number of carbonyl (C=O) groups excluding carboxylic acids is 1. The summed E-state index contributed by atoms with van der Waals surface area (Å²) in [5.74, 6) is 1.63. The van der Waals surface area contributed by atoms with Gasteiger partial charge in [0.25, 0.3) is 0 Å². The molecule has 1 atom stereocenters. The summed E-state index contributed by atoms with van der Waals surface area (Å²) in [5, 5.41) is 0. The summed E-state index contributed by atoms with van der Waals surface area (Å²) in [6.45, 7) is 2.00. The average Bonchev–Trinajstić information content (AvgIpc) is 2.89.